The van der Waals surface area contributed by atoms with Crippen molar-refractivity contribution in [3.05, 3.63) is 24.3 Å². The minimum absolute atomic E-state index is 0.281. The zero-order chi connectivity index (χ0) is 17.9. The fraction of sp³-hybridized carbons (Fsp3) is 0.471. The average molecular weight is 364 g/mol. The molecule has 1 aromatic rings. The molecule has 2 heterocycles. The number of cyclic esters (lactones) is 1. The summed E-state index contributed by atoms with van der Waals surface area (Å²) in [5.74, 6) is -0.252. The predicted octanol–water partition coefficient (Wildman–Crippen LogP) is 2.03. The maximum atomic E-state index is 12.4. The van der Waals surface area contributed by atoms with Crippen LogP contribution in [0.4, 0.5) is 5.69 Å². The molecule has 2 aliphatic rings. The van der Waals surface area contributed by atoms with Crippen LogP contribution in [0.3, 0.4) is 0 Å². The van der Waals surface area contributed by atoms with E-state index in [2.05, 4.69) is 10.3 Å². The van der Waals surface area contributed by atoms with Crippen LogP contribution < -0.4 is 10.1 Å². The van der Waals surface area contributed by atoms with Crippen molar-refractivity contribution in [3.8, 4) is 5.75 Å². The molecular weight excluding hydrogens is 344 g/mol. The van der Waals surface area contributed by atoms with Gasteiger partial charge in [0.15, 0.2) is 5.17 Å². The Morgan fingerprint density at radius 2 is 2.28 bits per heavy atom. The fourth-order valence-corrected chi connectivity index (χ4v) is 3.87. The Balaban J connectivity index is 1.73. The smallest absolute Gasteiger partial charge is 0.332 e. The summed E-state index contributed by atoms with van der Waals surface area (Å²) in [6.45, 7) is 2.91. The number of methoxy groups -OCH3 is 1. The summed E-state index contributed by atoms with van der Waals surface area (Å²) in [5.41, 5.74) is 0.633. The molecule has 0 bridgehead atoms. The van der Waals surface area contributed by atoms with E-state index in [-0.39, 0.29) is 12.3 Å². The highest BCUT2D eigenvalue weighted by atomic mass is 32.2. The van der Waals surface area contributed by atoms with Gasteiger partial charge in [-0.15, -0.1) is 0 Å². The van der Waals surface area contributed by atoms with Gasteiger partial charge in [0.05, 0.1) is 19.4 Å². The van der Waals surface area contributed by atoms with E-state index in [4.69, 9.17) is 14.2 Å². The number of nitrogens with zero attached hydrogens (tertiary/aromatic N) is 1. The van der Waals surface area contributed by atoms with Crippen molar-refractivity contribution in [3.63, 3.8) is 0 Å². The van der Waals surface area contributed by atoms with Crippen LogP contribution in [0.1, 0.15) is 19.8 Å². The molecule has 1 spiro atoms. The number of benzene rings is 1. The van der Waals surface area contributed by atoms with E-state index in [1.54, 1.807) is 31.4 Å². The number of hydrogen-bond acceptors (Lipinski definition) is 7. The first-order valence-corrected chi connectivity index (χ1v) is 8.91. The minimum Gasteiger partial charge on any atom is -0.497 e. The molecule has 134 valence electrons. The largest absolute Gasteiger partial charge is 0.497 e. The summed E-state index contributed by atoms with van der Waals surface area (Å²) in [6.07, 6.45) is 0.759. The van der Waals surface area contributed by atoms with E-state index in [1.807, 2.05) is 6.92 Å². The summed E-state index contributed by atoms with van der Waals surface area (Å²) in [7, 11) is 1.57. The van der Waals surface area contributed by atoms with Crippen molar-refractivity contribution in [1.82, 2.24) is 5.32 Å². The van der Waals surface area contributed by atoms with Crippen LogP contribution >= 0.6 is 11.8 Å². The van der Waals surface area contributed by atoms with Crippen LogP contribution in [0, 0.1) is 0 Å². The average Bonchev–Trinajstić information content (AvgIpc) is 3.08. The first kappa shape index (κ1) is 17.8. The van der Waals surface area contributed by atoms with Crippen molar-refractivity contribution < 1.29 is 23.8 Å². The number of carbonyl (C=O) groups excluding carboxylic acids is 2. The van der Waals surface area contributed by atoms with Gasteiger partial charge in [-0.25, -0.2) is 9.79 Å². The molecule has 8 heteroatoms. The molecule has 25 heavy (non-hydrogen) atoms. The van der Waals surface area contributed by atoms with Gasteiger partial charge in [0, 0.05) is 19.1 Å². The number of amides is 1. The Morgan fingerprint density at radius 3 is 3.04 bits per heavy atom. The lowest BCUT2D eigenvalue weighted by atomic mass is 10.0. The molecular formula is C17H20N2O5S. The maximum absolute atomic E-state index is 12.4. The monoisotopic (exact) mass is 364 g/mol. The van der Waals surface area contributed by atoms with Crippen LogP contribution in [0.5, 0.6) is 5.75 Å². The molecule has 3 rings (SSSR count). The van der Waals surface area contributed by atoms with Crippen molar-refractivity contribution in [2.75, 3.05) is 20.3 Å². The third-order valence-corrected chi connectivity index (χ3v) is 5.17. The highest BCUT2D eigenvalue weighted by Gasteiger charge is 2.60. The SMILES string of the molecule is CCCOC[C@H]1C[C@@]2(SC(=Nc3cccc(OC)c3)NC2=O)C(=O)O1. The first-order chi connectivity index (χ1) is 12.1. The van der Waals surface area contributed by atoms with E-state index in [9.17, 15) is 9.59 Å². The van der Waals surface area contributed by atoms with Crippen molar-refractivity contribution in [2.45, 2.75) is 30.6 Å². The van der Waals surface area contributed by atoms with Gasteiger partial charge in [-0.3, -0.25) is 4.79 Å². The van der Waals surface area contributed by atoms with Gasteiger partial charge in [-0.1, -0.05) is 24.8 Å². The molecule has 1 amide bonds. The second-order valence-electron chi connectivity index (χ2n) is 5.81. The number of aliphatic imine (C=N–C) groups is 1. The van der Waals surface area contributed by atoms with E-state index in [0.717, 1.165) is 18.2 Å². The number of thioether (sulfide) groups is 1. The van der Waals surface area contributed by atoms with Crippen LogP contribution in [-0.4, -0.2) is 48.2 Å². The van der Waals surface area contributed by atoms with E-state index in [1.165, 1.54) is 0 Å². The second kappa shape index (κ2) is 7.45. The van der Waals surface area contributed by atoms with E-state index < -0.39 is 16.8 Å². The van der Waals surface area contributed by atoms with Gasteiger partial charge >= 0.3 is 5.97 Å². The van der Waals surface area contributed by atoms with Crippen LogP contribution in [0.25, 0.3) is 0 Å². The third-order valence-electron chi connectivity index (χ3n) is 3.91. The van der Waals surface area contributed by atoms with Gasteiger partial charge in [0.2, 0.25) is 4.75 Å². The molecule has 0 saturated carbocycles. The number of nitrogens with one attached hydrogen (secondary N) is 1. The van der Waals surface area contributed by atoms with Crippen LogP contribution in [-0.2, 0) is 19.1 Å². The lowest BCUT2D eigenvalue weighted by molar-refractivity contribution is -0.146. The Kier molecular flexibility index (Phi) is 5.29. The normalized spacial score (nSPS) is 27.0. The molecule has 1 aromatic carbocycles. The molecule has 0 radical (unpaired) electrons. The standard InChI is InChI=1S/C17H20N2O5S/c1-3-7-23-10-13-9-17(15(21)24-13)14(20)19-16(25-17)18-11-5-4-6-12(8-11)22-2/h4-6,8,13H,3,7,9-10H2,1-2H3,(H,18,19,20)/t13-,17+/m1/s1. The van der Waals surface area contributed by atoms with Gasteiger partial charge in [0.25, 0.3) is 5.91 Å². The number of rotatable bonds is 6. The summed E-state index contributed by atoms with van der Waals surface area (Å²) in [5, 5.41) is 3.06. The molecule has 2 saturated heterocycles. The Morgan fingerprint density at radius 1 is 1.44 bits per heavy atom. The Labute approximate surface area is 150 Å². The highest BCUT2D eigenvalue weighted by molar-refractivity contribution is 8.17. The lowest BCUT2D eigenvalue weighted by Gasteiger charge is -2.11. The van der Waals surface area contributed by atoms with Gasteiger partial charge in [0.1, 0.15) is 11.9 Å². The van der Waals surface area contributed by atoms with E-state index in [0.29, 0.717) is 29.8 Å². The number of esters is 1. The van der Waals surface area contributed by atoms with Crippen molar-refractivity contribution in [2.24, 2.45) is 4.99 Å². The van der Waals surface area contributed by atoms with Crippen molar-refractivity contribution in [1.29, 1.82) is 0 Å². The first-order valence-electron chi connectivity index (χ1n) is 8.09. The number of carbonyl (C=O) groups is 2. The molecule has 1 N–H and O–H groups in total. The van der Waals surface area contributed by atoms with Gasteiger partial charge in [-0.2, -0.15) is 0 Å². The summed E-state index contributed by atoms with van der Waals surface area (Å²) >= 11 is 1.11. The highest BCUT2D eigenvalue weighted by Crippen LogP contribution is 2.43. The number of ether oxygens (including phenoxy) is 3. The Hall–Kier alpha value is -2.06. The maximum Gasteiger partial charge on any atom is 0.332 e. The number of amidine groups is 1. The van der Waals surface area contributed by atoms with Crippen LogP contribution in [0.15, 0.2) is 29.3 Å². The molecule has 2 atom stereocenters. The van der Waals surface area contributed by atoms with Crippen LogP contribution in [0.2, 0.25) is 0 Å². The van der Waals surface area contributed by atoms with Gasteiger partial charge < -0.3 is 19.5 Å². The molecule has 2 fully saturated rings. The molecule has 0 aliphatic carbocycles. The Bertz CT molecular complexity index is 708. The summed E-state index contributed by atoms with van der Waals surface area (Å²) < 4.78 is 14.7. The molecule has 2 aliphatic heterocycles. The number of hydrogen-bond donors (Lipinski definition) is 1. The topological polar surface area (TPSA) is 86.2 Å². The third kappa shape index (κ3) is 3.64. The lowest BCUT2D eigenvalue weighted by Crippen LogP contribution is -2.40. The minimum atomic E-state index is -1.27. The molecule has 7 nitrogen and oxygen atoms in total. The summed E-state index contributed by atoms with van der Waals surface area (Å²) in [6, 6.07) is 7.15. The fourth-order valence-electron chi connectivity index (χ4n) is 2.70. The van der Waals surface area contributed by atoms with E-state index >= 15 is 0 Å². The zero-order valence-electron chi connectivity index (χ0n) is 14.1. The summed E-state index contributed by atoms with van der Waals surface area (Å²) in [4.78, 5) is 29.1. The zero-order valence-corrected chi connectivity index (χ0v) is 14.9. The molecule has 0 unspecified atom stereocenters. The predicted molar refractivity (Wildman–Crippen MR) is 94.2 cm³/mol. The molecule has 0 aromatic heterocycles. The quantitative estimate of drug-likeness (QED) is 0.472. The second-order valence-corrected chi connectivity index (χ2v) is 7.10. The van der Waals surface area contributed by atoms with Crippen molar-refractivity contribution >= 4 is 34.5 Å². The van der Waals surface area contributed by atoms with Gasteiger partial charge in [-0.05, 0) is 18.6 Å².